The molecule has 2 atom stereocenters. The SMILES string of the molecule is CSCC[C@H](NS(=O)(=O)c1ccc(C)cc1)C(=O)N1CCC(C(=O)N2CCCC2C(=O)O)CC1. The molecule has 2 heterocycles. The molecule has 2 saturated heterocycles. The van der Waals surface area contributed by atoms with Gasteiger partial charge in [0, 0.05) is 25.6 Å². The van der Waals surface area contributed by atoms with Crippen LogP contribution in [0.3, 0.4) is 0 Å². The number of nitrogens with zero attached hydrogens (tertiary/aromatic N) is 2. The van der Waals surface area contributed by atoms with Crippen molar-refractivity contribution < 1.29 is 27.9 Å². The molecule has 1 aromatic rings. The zero-order valence-electron chi connectivity index (χ0n) is 19.6. The molecule has 2 N–H and O–H groups in total. The summed E-state index contributed by atoms with van der Waals surface area (Å²) in [6.45, 7) is 2.99. The van der Waals surface area contributed by atoms with Crippen molar-refractivity contribution in [2.45, 2.75) is 56.0 Å². The summed E-state index contributed by atoms with van der Waals surface area (Å²) in [5, 5.41) is 9.36. The monoisotopic (exact) mass is 511 g/mol. The van der Waals surface area contributed by atoms with Gasteiger partial charge in [-0.3, -0.25) is 9.59 Å². The third kappa shape index (κ3) is 6.31. The van der Waals surface area contributed by atoms with E-state index in [-0.39, 0.29) is 22.6 Å². The number of aryl methyl sites for hydroxylation is 1. The van der Waals surface area contributed by atoms with E-state index in [1.54, 1.807) is 17.0 Å². The summed E-state index contributed by atoms with van der Waals surface area (Å²) in [5.74, 6) is -1.13. The second kappa shape index (κ2) is 11.5. The normalized spacial score (nSPS) is 20.4. The second-order valence-electron chi connectivity index (χ2n) is 8.90. The van der Waals surface area contributed by atoms with Gasteiger partial charge in [0.2, 0.25) is 21.8 Å². The minimum atomic E-state index is -3.86. The van der Waals surface area contributed by atoms with Crippen LogP contribution in [0.25, 0.3) is 0 Å². The first-order valence-corrected chi connectivity index (χ1v) is 14.4. The van der Waals surface area contributed by atoms with Crippen LogP contribution in [0.15, 0.2) is 29.2 Å². The largest absolute Gasteiger partial charge is 0.480 e. The minimum absolute atomic E-state index is 0.114. The van der Waals surface area contributed by atoms with Crippen molar-refractivity contribution >= 4 is 39.6 Å². The zero-order valence-corrected chi connectivity index (χ0v) is 21.2. The number of carboxylic acids is 1. The molecule has 188 valence electrons. The molecule has 2 amide bonds. The van der Waals surface area contributed by atoms with E-state index in [1.165, 1.54) is 28.8 Å². The Balaban J connectivity index is 1.63. The predicted molar refractivity (Wildman–Crippen MR) is 130 cm³/mol. The summed E-state index contributed by atoms with van der Waals surface area (Å²) in [4.78, 5) is 40.8. The Kier molecular flexibility index (Phi) is 9.00. The lowest BCUT2D eigenvalue weighted by atomic mass is 9.94. The van der Waals surface area contributed by atoms with E-state index >= 15 is 0 Å². The van der Waals surface area contributed by atoms with Crippen LogP contribution in [0.4, 0.5) is 0 Å². The van der Waals surface area contributed by atoms with Gasteiger partial charge in [-0.05, 0) is 63.2 Å². The van der Waals surface area contributed by atoms with Gasteiger partial charge in [0.1, 0.15) is 12.1 Å². The van der Waals surface area contributed by atoms with Gasteiger partial charge >= 0.3 is 5.97 Å². The first-order valence-electron chi connectivity index (χ1n) is 11.5. The number of benzene rings is 1. The fraction of sp³-hybridized carbons (Fsp3) is 0.609. The molecule has 0 saturated carbocycles. The number of amides is 2. The maximum atomic E-state index is 13.3. The van der Waals surface area contributed by atoms with Gasteiger partial charge in [-0.1, -0.05) is 17.7 Å². The number of aliphatic carboxylic acids is 1. The fourth-order valence-corrected chi connectivity index (χ4v) is 6.23. The lowest BCUT2D eigenvalue weighted by molar-refractivity contribution is -0.151. The number of piperidine rings is 1. The van der Waals surface area contributed by atoms with Gasteiger partial charge in [0.25, 0.3) is 0 Å². The van der Waals surface area contributed by atoms with Gasteiger partial charge in [0.15, 0.2) is 0 Å². The molecule has 2 aliphatic rings. The predicted octanol–water partition coefficient (Wildman–Crippen LogP) is 1.71. The summed E-state index contributed by atoms with van der Waals surface area (Å²) < 4.78 is 28.4. The zero-order chi connectivity index (χ0) is 24.9. The van der Waals surface area contributed by atoms with Crippen molar-refractivity contribution in [1.82, 2.24) is 14.5 Å². The molecule has 0 aromatic heterocycles. The van der Waals surface area contributed by atoms with Crippen LogP contribution >= 0.6 is 11.8 Å². The van der Waals surface area contributed by atoms with Crippen LogP contribution in [0.2, 0.25) is 0 Å². The molecule has 0 aliphatic carbocycles. The van der Waals surface area contributed by atoms with Crippen molar-refractivity contribution in [1.29, 1.82) is 0 Å². The standard InChI is InChI=1S/C23H33N3O6S2/c1-16-5-7-18(8-6-16)34(31,32)24-19(11-15-33-2)22(28)25-13-9-17(10-14-25)21(27)26-12-3-4-20(26)23(29)30/h5-8,17,19-20,24H,3-4,9-15H2,1-2H3,(H,29,30)/t19-,20?/m0/s1. The first kappa shape index (κ1) is 26.5. The Morgan fingerprint density at radius 2 is 1.76 bits per heavy atom. The molecule has 11 heteroatoms. The molecule has 9 nitrogen and oxygen atoms in total. The summed E-state index contributed by atoms with van der Waals surface area (Å²) >= 11 is 1.53. The molecular weight excluding hydrogens is 478 g/mol. The Hall–Kier alpha value is -2.11. The van der Waals surface area contributed by atoms with E-state index in [2.05, 4.69) is 4.72 Å². The van der Waals surface area contributed by atoms with Crippen LogP contribution in [-0.4, -0.2) is 84.8 Å². The molecule has 1 unspecified atom stereocenters. The molecule has 2 aliphatic heterocycles. The van der Waals surface area contributed by atoms with E-state index < -0.39 is 28.1 Å². The van der Waals surface area contributed by atoms with Crippen molar-refractivity contribution in [2.75, 3.05) is 31.6 Å². The van der Waals surface area contributed by atoms with Gasteiger partial charge < -0.3 is 14.9 Å². The third-order valence-electron chi connectivity index (χ3n) is 6.51. The highest BCUT2D eigenvalue weighted by atomic mass is 32.2. The van der Waals surface area contributed by atoms with Gasteiger partial charge in [-0.2, -0.15) is 16.5 Å². The number of hydrogen-bond donors (Lipinski definition) is 2. The quantitative estimate of drug-likeness (QED) is 0.517. The lowest BCUT2D eigenvalue weighted by Crippen LogP contribution is -2.52. The maximum Gasteiger partial charge on any atom is 0.326 e. The maximum absolute atomic E-state index is 13.3. The molecular formula is C23H33N3O6S2. The molecule has 2 fully saturated rings. The molecule has 3 rings (SSSR count). The van der Waals surface area contributed by atoms with Crippen LogP contribution < -0.4 is 4.72 Å². The number of carboxylic acid groups (broad SMARTS) is 1. The number of carbonyl (C=O) groups excluding carboxylic acids is 2. The summed E-state index contributed by atoms with van der Waals surface area (Å²) in [5.41, 5.74) is 0.940. The minimum Gasteiger partial charge on any atom is -0.480 e. The Labute approximate surface area is 205 Å². The highest BCUT2D eigenvalue weighted by Crippen LogP contribution is 2.26. The van der Waals surface area contributed by atoms with Gasteiger partial charge in [-0.15, -0.1) is 0 Å². The number of likely N-dealkylation sites (tertiary alicyclic amines) is 2. The topological polar surface area (TPSA) is 124 Å². The van der Waals surface area contributed by atoms with Crippen LogP contribution in [0.5, 0.6) is 0 Å². The van der Waals surface area contributed by atoms with Gasteiger partial charge in [0.05, 0.1) is 4.90 Å². The number of thioether (sulfide) groups is 1. The number of rotatable bonds is 9. The second-order valence-corrected chi connectivity index (χ2v) is 11.6. The highest BCUT2D eigenvalue weighted by molar-refractivity contribution is 7.98. The first-order chi connectivity index (χ1) is 16.1. The molecule has 0 bridgehead atoms. The van der Waals surface area contributed by atoms with E-state index in [1.807, 2.05) is 13.2 Å². The van der Waals surface area contributed by atoms with Crippen LogP contribution in [-0.2, 0) is 24.4 Å². The molecule has 1 aromatic carbocycles. The Bertz CT molecular complexity index is 990. The molecule has 0 spiro atoms. The summed E-state index contributed by atoms with van der Waals surface area (Å²) in [7, 11) is -3.86. The summed E-state index contributed by atoms with van der Waals surface area (Å²) in [6, 6.07) is 4.82. The van der Waals surface area contributed by atoms with E-state index in [0.29, 0.717) is 57.5 Å². The lowest BCUT2D eigenvalue weighted by Gasteiger charge is -2.35. The Morgan fingerprint density at radius 1 is 1.12 bits per heavy atom. The Morgan fingerprint density at radius 3 is 2.35 bits per heavy atom. The number of sulfonamides is 1. The van der Waals surface area contributed by atoms with Crippen molar-refractivity contribution in [3.63, 3.8) is 0 Å². The average molecular weight is 512 g/mol. The highest BCUT2D eigenvalue weighted by Gasteiger charge is 2.39. The van der Waals surface area contributed by atoms with E-state index in [0.717, 1.165) is 5.56 Å². The van der Waals surface area contributed by atoms with Crippen molar-refractivity contribution in [3.8, 4) is 0 Å². The fourth-order valence-electron chi connectivity index (χ4n) is 4.53. The third-order valence-corrected chi connectivity index (χ3v) is 8.65. The summed E-state index contributed by atoms with van der Waals surface area (Å²) in [6.07, 6.45) is 4.28. The average Bonchev–Trinajstić information content (AvgIpc) is 3.31. The van der Waals surface area contributed by atoms with E-state index in [4.69, 9.17) is 0 Å². The molecule has 0 radical (unpaired) electrons. The smallest absolute Gasteiger partial charge is 0.326 e. The van der Waals surface area contributed by atoms with Gasteiger partial charge in [-0.25, -0.2) is 13.2 Å². The van der Waals surface area contributed by atoms with E-state index in [9.17, 15) is 27.9 Å². The number of nitrogens with one attached hydrogen (secondary N) is 1. The van der Waals surface area contributed by atoms with Crippen molar-refractivity contribution in [3.05, 3.63) is 29.8 Å². The van der Waals surface area contributed by atoms with Crippen LogP contribution in [0.1, 0.15) is 37.7 Å². The van der Waals surface area contributed by atoms with Crippen molar-refractivity contribution in [2.24, 2.45) is 5.92 Å². The number of hydrogen-bond acceptors (Lipinski definition) is 6. The molecule has 34 heavy (non-hydrogen) atoms. The number of carbonyl (C=O) groups is 3. The van der Waals surface area contributed by atoms with Crippen LogP contribution in [0, 0.1) is 12.8 Å².